The van der Waals surface area contributed by atoms with Crippen molar-refractivity contribution in [2.45, 2.75) is 20.0 Å². The normalized spacial score (nSPS) is 10.1. The zero-order chi connectivity index (χ0) is 15.0. The van der Waals surface area contributed by atoms with Crippen LogP contribution in [0.5, 0.6) is 0 Å². The molecule has 0 radical (unpaired) electrons. The van der Waals surface area contributed by atoms with Crippen LogP contribution in [0.1, 0.15) is 29.8 Å². The molecule has 2 N–H and O–H groups in total. The van der Waals surface area contributed by atoms with Crippen LogP contribution in [-0.2, 0) is 4.74 Å². The van der Waals surface area contributed by atoms with Gasteiger partial charge in [0, 0.05) is 12.1 Å². The lowest BCUT2D eigenvalue weighted by Gasteiger charge is -2.09. The highest BCUT2D eigenvalue weighted by molar-refractivity contribution is 5.96. The van der Waals surface area contributed by atoms with Gasteiger partial charge >= 0.3 is 0 Å². The van der Waals surface area contributed by atoms with Gasteiger partial charge in [0.1, 0.15) is 12.4 Å². The summed E-state index contributed by atoms with van der Waals surface area (Å²) in [6.07, 6.45) is 0.0899. The van der Waals surface area contributed by atoms with Gasteiger partial charge in [-0.2, -0.15) is 0 Å². The van der Waals surface area contributed by atoms with Crippen molar-refractivity contribution in [2.75, 3.05) is 19.8 Å². The number of aliphatic hydroxyl groups excluding tert-OH is 1. The minimum absolute atomic E-state index is 0.0899. The molecule has 0 fully saturated rings. The van der Waals surface area contributed by atoms with E-state index in [-0.39, 0.29) is 18.3 Å². The molecule has 0 unspecified atom stereocenters. The molecule has 0 aliphatic carbocycles. The Hall–Kier alpha value is -1.90. The van der Waals surface area contributed by atoms with Crippen LogP contribution >= 0.6 is 0 Å². The van der Waals surface area contributed by atoms with E-state index in [9.17, 15) is 9.18 Å². The number of amides is 1. The molecule has 20 heavy (non-hydrogen) atoms. The number of benzene rings is 1. The average Bonchev–Trinajstić information content (AvgIpc) is 2.41. The molecule has 1 aromatic carbocycles. The standard InChI is InChI=1S/C15H18FNO3/c1-11(2)20-9-7-17-15(19)14-10-13(16)6-5-12(14)4-3-8-18/h5-6,10-11,18H,7-9H2,1-2H3,(H,17,19). The van der Waals surface area contributed by atoms with Crippen molar-refractivity contribution in [3.8, 4) is 11.8 Å². The Balaban J connectivity index is 2.73. The van der Waals surface area contributed by atoms with Gasteiger partial charge in [-0.25, -0.2) is 4.39 Å². The molecule has 1 aromatic rings. The molecule has 0 aromatic heterocycles. The van der Waals surface area contributed by atoms with Crippen LogP contribution in [0.2, 0.25) is 0 Å². The van der Waals surface area contributed by atoms with Gasteiger partial charge in [0.25, 0.3) is 5.91 Å². The molecule has 1 amide bonds. The molecule has 0 atom stereocenters. The fourth-order valence-electron chi connectivity index (χ4n) is 1.50. The molecule has 0 saturated heterocycles. The van der Waals surface area contributed by atoms with Gasteiger partial charge in [0.15, 0.2) is 0 Å². The number of carbonyl (C=O) groups is 1. The summed E-state index contributed by atoms with van der Waals surface area (Å²) in [5.41, 5.74) is 0.526. The number of halogens is 1. The van der Waals surface area contributed by atoms with Crippen LogP contribution in [0.4, 0.5) is 4.39 Å². The molecule has 0 bridgehead atoms. The van der Waals surface area contributed by atoms with Crippen molar-refractivity contribution < 1.29 is 19.0 Å². The third-order valence-electron chi connectivity index (χ3n) is 2.37. The largest absolute Gasteiger partial charge is 0.384 e. The Morgan fingerprint density at radius 2 is 2.25 bits per heavy atom. The van der Waals surface area contributed by atoms with Crippen molar-refractivity contribution in [1.29, 1.82) is 0 Å². The Morgan fingerprint density at radius 1 is 1.50 bits per heavy atom. The van der Waals surface area contributed by atoms with Gasteiger partial charge in [0.2, 0.25) is 0 Å². The van der Waals surface area contributed by atoms with Crippen molar-refractivity contribution in [2.24, 2.45) is 0 Å². The van der Waals surface area contributed by atoms with E-state index in [1.807, 2.05) is 13.8 Å². The maximum atomic E-state index is 13.2. The van der Waals surface area contributed by atoms with E-state index in [2.05, 4.69) is 17.2 Å². The van der Waals surface area contributed by atoms with Crippen molar-refractivity contribution >= 4 is 5.91 Å². The lowest BCUT2D eigenvalue weighted by molar-refractivity contribution is 0.0746. The van der Waals surface area contributed by atoms with Gasteiger partial charge in [0.05, 0.1) is 18.3 Å². The first-order valence-corrected chi connectivity index (χ1v) is 6.33. The first-order valence-electron chi connectivity index (χ1n) is 6.33. The fourth-order valence-corrected chi connectivity index (χ4v) is 1.50. The van der Waals surface area contributed by atoms with Crippen molar-refractivity contribution in [3.63, 3.8) is 0 Å². The van der Waals surface area contributed by atoms with Crippen LogP contribution in [0.25, 0.3) is 0 Å². The molecule has 0 aliphatic heterocycles. The highest BCUT2D eigenvalue weighted by Crippen LogP contribution is 2.10. The molecular formula is C15H18FNO3. The summed E-state index contributed by atoms with van der Waals surface area (Å²) < 4.78 is 18.5. The smallest absolute Gasteiger partial charge is 0.252 e. The van der Waals surface area contributed by atoms with Gasteiger partial charge in [-0.1, -0.05) is 11.8 Å². The summed E-state index contributed by atoms with van der Waals surface area (Å²) in [6, 6.07) is 3.76. The molecule has 1 rings (SSSR count). The average molecular weight is 279 g/mol. The van der Waals surface area contributed by atoms with E-state index in [0.717, 1.165) is 6.07 Å². The van der Waals surface area contributed by atoms with Crippen molar-refractivity contribution in [1.82, 2.24) is 5.32 Å². The van der Waals surface area contributed by atoms with Gasteiger partial charge < -0.3 is 15.2 Å². The van der Waals surface area contributed by atoms with Gasteiger partial charge in [-0.05, 0) is 32.0 Å². The predicted octanol–water partition coefficient (Wildman–Crippen LogP) is 1.32. The van der Waals surface area contributed by atoms with E-state index in [1.165, 1.54) is 12.1 Å². The second kappa shape index (κ2) is 8.31. The van der Waals surface area contributed by atoms with E-state index in [4.69, 9.17) is 9.84 Å². The highest BCUT2D eigenvalue weighted by Gasteiger charge is 2.11. The number of hydrogen-bond acceptors (Lipinski definition) is 3. The van der Waals surface area contributed by atoms with E-state index in [0.29, 0.717) is 18.7 Å². The zero-order valence-electron chi connectivity index (χ0n) is 11.6. The lowest BCUT2D eigenvalue weighted by atomic mass is 10.1. The summed E-state index contributed by atoms with van der Waals surface area (Å²) in [6.45, 7) is 4.20. The fraction of sp³-hybridized carbons (Fsp3) is 0.400. The number of carbonyl (C=O) groups excluding carboxylic acids is 1. The molecule has 0 aliphatic rings. The summed E-state index contributed by atoms with van der Waals surface area (Å²) >= 11 is 0. The molecule has 5 heteroatoms. The van der Waals surface area contributed by atoms with Crippen molar-refractivity contribution in [3.05, 3.63) is 35.1 Å². The Kier molecular flexibility index (Phi) is 6.71. The third kappa shape index (κ3) is 5.39. The number of hydrogen-bond donors (Lipinski definition) is 2. The number of ether oxygens (including phenoxy) is 1. The Bertz CT molecular complexity index is 518. The minimum atomic E-state index is -0.511. The zero-order valence-corrected chi connectivity index (χ0v) is 11.6. The van der Waals surface area contributed by atoms with Crippen LogP contribution < -0.4 is 5.32 Å². The summed E-state index contributed by atoms with van der Waals surface area (Å²) in [7, 11) is 0. The third-order valence-corrected chi connectivity index (χ3v) is 2.37. The van der Waals surface area contributed by atoms with E-state index in [1.54, 1.807) is 0 Å². The number of nitrogens with one attached hydrogen (secondary N) is 1. The highest BCUT2D eigenvalue weighted by atomic mass is 19.1. The SMILES string of the molecule is CC(C)OCCNC(=O)c1cc(F)ccc1C#CCO. The van der Waals surface area contributed by atoms with Crippen LogP contribution in [-0.4, -0.2) is 36.9 Å². The monoisotopic (exact) mass is 279 g/mol. The second-order valence-corrected chi connectivity index (χ2v) is 4.33. The molecular weight excluding hydrogens is 261 g/mol. The number of aliphatic hydroxyl groups is 1. The molecule has 0 heterocycles. The van der Waals surface area contributed by atoms with E-state index >= 15 is 0 Å². The maximum absolute atomic E-state index is 13.2. The maximum Gasteiger partial charge on any atom is 0.252 e. The predicted molar refractivity (Wildman–Crippen MR) is 73.8 cm³/mol. The lowest BCUT2D eigenvalue weighted by Crippen LogP contribution is -2.28. The quantitative estimate of drug-likeness (QED) is 0.631. The topological polar surface area (TPSA) is 58.6 Å². The van der Waals surface area contributed by atoms with Crippen LogP contribution in [0.3, 0.4) is 0 Å². The number of rotatable bonds is 5. The van der Waals surface area contributed by atoms with Crippen LogP contribution in [0, 0.1) is 17.7 Å². The van der Waals surface area contributed by atoms with Gasteiger partial charge in [-0.3, -0.25) is 4.79 Å². The van der Waals surface area contributed by atoms with Crippen LogP contribution in [0.15, 0.2) is 18.2 Å². The van der Waals surface area contributed by atoms with Gasteiger partial charge in [-0.15, -0.1) is 0 Å². The summed E-state index contributed by atoms with van der Waals surface area (Å²) in [5.74, 6) is 4.13. The summed E-state index contributed by atoms with van der Waals surface area (Å²) in [4.78, 5) is 12.0. The Labute approximate surface area is 117 Å². The van der Waals surface area contributed by atoms with E-state index < -0.39 is 11.7 Å². The molecule has 4 nitrogen and oxygen atoms in total. The first-order chi connectivity index (χ1) is 9.54. The minimum Gasteiger partial charge on any atom is -0.384 e. The molecule has 0 saturated carbocycles. The molecule has 108 valence electrons. The Morgan fingerprint density at radius 3 is 2.90 bits per heavy atom. The second-order valence-electron chi connectivity index (χ2n) is 4.33. The molecule has 0 spiro atoms. The first kappa shape index (κ1) is 16.2. The summed E-state index contributed by atoms with van der Waals surface area (Å²) in [5, 5.41) is 11.3.